The predicted octanol–water partition coefficient (Wildman–Crippen LogP) is 2.96. The largest absolute Gasteiger partial charge is 0.423 e. The van der Waals surface area contributed by atoms with Crippen molar-refractivity contribution in [2.75, 3.05) is 19.0 Å². The van der Waals surface area contributed by atoms with Crippen molar-refractivity contribution in [2.24, 2.45) is 0 Å². The molecule has 2 rings (SSSR count). The van der Waals surface area contributed by atoms with Gasteiger partial charge in [0, 0.05) is 37.3 Å². The van der Waals surface area contributed by atoms with Gasteiger partial charge < -0.3 is 9.32 Å². The van der Waals surface area contributed by atoms with Crippen LogP contribution in [0.25, 0.3) is 11.0 Å². The van der Waals surface area contributed by atoms with E-state index in [1.54, 1.807) is 31.1 Å². The Morgan fingerprint density at radius 3 is 2.47 bits per heavy atom. The number of hydrogen-bond donors (Lipinski definition) is 0. The monoisotopic (exact) mass is 271 g/mol. The molecule has 0 spiro atoms. The molecule has 1 aromatic carbocycles. The van der Waals surface area contributed by atoms with Crippen molar-refractivity contribution in [3.8, 4) is 0 Å². The molecule has 0 N–H and O–H groups in total. The molecule has 1 heterocycles. The summed E-state index contributed by atoms with van der Waals surface area (Å²) in [7, 11) is 3.58. The van der Waals surface area contributed by atoms with E-state index in [-0.39, 0.29) is 11.1 Å². The molecule has 2 aromatic rings. The minimum atomic E-state index is -4.36. The number of hydrogen-bond acceptors (Lipinski definition) is 3. The van der Waals surface area contributed by atoms with Gasteiger partial charge in [-0.3, -0.25) is 0 Å². The maximum atomic E-state index is 12.5. The fourth-order valence-electron chi connectivity index (χ4n) is 1.86. The second-order valence-electron chi connectivity index (χ2n) is 4.46. The highest BCUT2D eigenvalue weighted by atomic mass is 19.4. The Bertz CT molecular complexity index is 659. The fraction of sp³-hybridized carbons (Fsp3) is 0.308. The molecule has 0 radical (unpaired) electrons. The van der Waals surface area contributed by atoms with Crippen LogP contribution in [0.3, 0.4) is 0 Å². The highest BCUT2D eigenvalue weighted by molar-refractivity contribution is 5.83. The van der Waals surface area contributed by atoms with E-state index in [0.29, 0.717) is 5.39 Å². The Balaban J connectivity index is 2.62. The number of anilines is 1. The Morgan fingerprint density at radius 1 is 1.21 bits per heavy atom. The lowest BCUT2D eigenvalue weighted by Crippen LogP contribution is -2.14. The topological polar surface area (TPSA) is 33.5 Å². The first-order valence-electron chi connectivity index (χ1n) is 5.57. The molecular formula is C13H12F3NO2. The van der Waals surface area contributed by atoms with Crippen molar-refractivity contribution >= 4 is 16.7 Å². The Hall–Kier alpha value is -1.98. The Kier molecular flexibility index (Phi) is 3.26. The maximum Gasteiger partial charge on any atom is 0.393 e. The third-order valence-corrected chi connectivity index (χ3v) is 2.72. The van der Waals surface area contributed by atoms with Crippen LogP contribution in [-0.2, 0) is 6.42 Å². The van der Waals surface area contributed by atoms with Gasteiger partial charge in [0.25, 0.3) is 0 Å². The maximum absolute atomic E-state index is 12.5. The van der Waals surface area contributed by atoms with E-state index in [0.717, 1.165) is 11.8 Å². The highest BCUT2D eigenvalue weighted by Gasteiger charge is 2.29. The molecule has 0 amide bonds. The molecule has 19 heavy (non-hydrogen) atoms. The average molecular weight is 271 g/mol. The lowest BCUT2D eigenvalue weighted by molar-refractivity contribution is -0.127. The molecule has 1 aromatic heterocycles. The van der Waals surface area contributed by atoms with Crippen LogP contribution in [0.1, 0.15) is 5.56 Å². The van der Waals surface area contributed by atoms with Crippen LogP contribution in [0.5, 0.6) is 0 Å². The highest BCUT2D eigenvalue weighted by Crippen LogP contribution is 2.27. The first-order valence-corrected chi connectivity index (χ1v) is 5.57. The quantitative estimate of drug-likeness (QED) is 0.787. The zero-order valence-electron chi connectivity index (χ0n) is 10.4. The Morgan fingerprint density at radius 2 is 1.89 bits per heavy atom. The average Bonchev–Trinajstić information content (AvgIpc) is 2.25. The standard InChI is InChI=1S/C13H12F3NO2/c1-17(2)9-3-4-10-8(7-13(14,15)16)5-12(18)19-11(10)6-9/h3-6H,7H2,1-2H3. The predicted molar refractivity (Wildman–Crippen MR) is 66.6 cm³/mol. The van der Waals surface area contributed by atoms with Crippen LogP contribution < -0.4 is 10.5 Å². The molecule has 0 aliphatic carbocycles. The van der Waals surface area contributed by atoms with Gasteiger partial charge in [-0.05, 0) is 17.7 Å². The first-order chi connectivity index (χ1) is 8.76. The van der Waals surface area contributed by atoms with Crippen molar-refractivity contribution < 1.29 is 17.6 Å². The summed E-state index contributed by atoms with van der Waals surface area (Å²) in [6, 6.07) is 5.67. The summed E-state index contributed by atoms with van der Waals surface area (Å²) in [5, 5.41) is 0.308. The van der Waals surface area contributed by atoms with Crippen LogP contribution >= 0.6 is 0 Å². The van der Waals surface area contributed by atoms with E-state index in [9.17, 15) is 18.0 Å². The number of fused-ring (bicyclic) bond motifs is 1. The van der Waals surface area contributed by atoms with E-state index in [2.05, 4.69) is 0 Å². The Labute approximate surface area is 107 Å². The zero-order valence-corrected chi connectivity index (χ0v) is 10.4. The second kappa shape index (κ2) is 4.60. The van der Waals surface area contributed by atoms with Crippen LogP contribution in [-0.4, -0.2) is 20.3 Å². The van der Waals surface area contributed by atoms with Gasteiger partial charge in [-0.1, -0.05) is 0 Å². The molecule has 0 bridgehead atoms. The summed E-state index contributed by atoms with van der Waals surface area (Å²) < 4.78 is 42.4. The smallest absolute Gasteiger partial charge is 0.393 e. The minimum Gasteiger partial charge on any atom is -0.423 e. The van der Waals surface area contributed by atoms with E-state index in [1.165, 1.54) is 6.07 Å². The summed E-state index contributed by atoms with van der Waals surface area (Å²) in [6.07, 6.45) is -5.50. The number of nitrogens with zero attached hydrogens (tertiary/aromatic N) is 1. The molecule has 0 fully saturated rings. The third-order valence-electron chi connectivity index (χ3n) is 2.72. The number of halogens is 3. The fourth-order valence-corrected chi connectivity index (χ4v) is 1.86. The summed E-state index contributed by atoms with van der Waals surface area (Å²) in [4.78, 5) is 13.1. The van der Waals surface area contributed by atoms with E-state index < -0.39 is 18.2 Å². The third kappa shape index (κ3) is 3.07. The molecular weight excluding hydrogens is 259 g/mol. The van der Waals surface area contributed by atoms with Crippen LogP contribution in [0, 0.1) is 0 Å². The lowest BCUT2D eigenvalue weighted by atomic mass is 10.1. The summed E-state index contributed by atoms with van der Waals surface area (Å²) in [6.45, 7) is 0. The summed E-state index contributed by atoms with van der Waals surface area (Å²) in [5.74, 6) is 0. The van der Waals surface area contributed by atoms with Crippen molar-refractivity contribution in [3.63, 3.8) is 0 Å². The molecule has 0 unspecified atom stereocenters. The van der Waals surface area contributed by atoms with E-state index in [1.807, 2.05) is 0 Å². The van der Waals surface area contributed by atoms with Gasteiger partial charge in [0.15, 0.2) is 0 Å². The molecule has 0 saturated carbocycles. The molecule has 3 nitrogen and oxygen atoms in total. The molecule has 6 heteroatoms. The van der Waals surface area contributed by atoms with E-state index >= 15 is 0 Å². The van der Waals surface area contributed by atoms with Crippen molar-refractivity contribution in [1.82, 2.24) is 0 Å². The molecule has 0 aliphatic rings. The van der Waals surface area contributed by atoms with Gasteiger partial charge in [-0.2, -0.15) is 13.2 Å². The zero-order chi connectivity index (χ0) is 14.2. The van der Waals surface area contributed by atoms with Gasteiger partial charge in [-0.15, -0.1) is 0 Å². The van der Waals surface area contributed by atoms with Gasteiger partial charge in [0.05, 0.1) is 6.42 Å². The second-order valence-corrected chi connectivity index (χ2v) is 4.46. The van der Waals surface area contributed by atoms with Gasteiger partial charge in [-0.25, -0.2) is 4.79 Å². The van der Waals surface area contributed by atoms with E-state index in [4.69, 9.17) is 4.42 Å². The van der Waals surface area contributed by atoms with Crippen LogP contribution in [0.4, 0.5) is 18.9 Å². The number of rotatable bonds is 2. The summed E-state index contributed by atoms with van der Waals surface area (Å²) in [5.41, 5.74) is 0.0736. The lowest BCUT2D eigenvalue weighted by Gasteiger charge is -2.14. The van der Waals surface area contributed by atoms with Gasteiger partial charge in [0.2, 0.25) is 0 Å². The van der Waals surface area contributed by atoms with Crippen molar-refractivity contribution in [1.29, 1.82) is 0 Å². The molecule has 0 atom stereocenters. The van der Waals surface area contributed by atoms with Crippen LogP contribution in [0.2, 0.25) is 0 Å². The van der Waals surface area contributed by atoms with Crippen molar-refractivity contribution in [2.45, 2.75) is 12.6 Å². The van der Waals surface area contributed by atoms with Crippen LogP contribution in [0.15, 0.2) is 33.5 Å². The number of alkyl halides is 3. The molecule has 0 aliphatic heterocycles. The molecule has 102 valence electrons. The number of benzene rings is 1. The minimum absolute atomic E-state index is 0.0657. The first kappa shape index (κ1) is 13.5. The molecule has 0 saturated heterocycles. The van der Waals surface area contributed by atoms with Crippen molar-refractivity contribution in [3.05, 3.63) is 40.2 Å². The SMILES string of the molecule is CN(C)c1ccc2c(CC(F)(F)F)cc(=O)oc2c1. The normalized spacial score (nSPS) is 11.8. The van der Waals surface area contributed by atoms with Gasteiger partial charge in [0.1, 0.15) is 5.58 Å². The van der Waals surface area contributed by atoms with Gasteiger partial charge >= 0.3 is 11.8 Å². The summed E-state index contributed by atoms with van der Waals surface area (Å²) >= 11 is 0.